The fraction of sp³-hybridized carbons (Fsp3) is 0.846. The first-order valence-corrected chi connectivity index (χ1v) is 6.68. The van der Waals surface area contributed by atoms with Gasteiger partial charge in [0.1, 0.15) is 0 Å². The van der Waals surface area contributed by atoms with Crippen LogP contribution < -0.4 is 0 Å². The van der Waals surface area contributed by atoms with Crippen LogP contribution in [0.3, 0.4) is 0 Å². The molecule has 0 rings (SSSR count). The van der Waals surface area contributed by atoms with E-state index in [4.69, 9.17) is 9.47 Å². The molecule has 0 aromatic carbocycles. The number of thiol groups is 1. The van der Waals surface area contributed by atoms with Gasteiger partial charge in [0.05, 0.1) is 24.0 Å². The van der Waals surface area contributed by atoms with Crippen molar-refractivity contribution in [1.29, 1.82) is 0 Å². The van der Waals surface area contributed by atoms with E-state index in [1.807, 2.05) is 0 Å². The lowest BCUT2D eigenvalue weighted by atomic mass is 10.0. The minimum atomic E-state index is -0.487. The Kier molecular flexibility index (Phi) is 8.29. The minimum Gasteiger partial charge on any atom is -0.383 e. The van der Waals surface area contributed by atoms with E-state index in [2.05, 4.69) is 12.6 Å². The molecule has 0 aliphatic heterocycles. The number of rotatable bonds is 9. The van der Waals surface area contributed by atoms with Crippen molar-refractivity contribution in [3.63, 3.8) is 0 Å². The van der Waals surface area contributed by atoms with Crippen LogP contribution in [0.15, 0.2) is 0 Å². The Balaban J connectivity index is 4.43. The van der Waals surface area contributed by atoms with Crippen LogP contribution in [0.2, 0.25) is 0 Å². The predicted molar refractivity (Wildman–Crippen MR) is 77.6 cm³/mol. The van der Waals surface area contributed by atoms with Gasteiger partial charge in [0, 0.05) is 27.7 Å². The van der Waals surface area contributed by atoms with Gasteiger partial charge in [-0.3, -0.25) is 9.59 Å². The molecule has 112 valence electrons. The van der Waals surface area contributed by atoms with Gasteiger partial charge >= 0.3 is 0 Å². The molecular formula is C13H25NO4S. The molecule has 5 nitrogen and oxygen atoms in total. The molecule has 0 saturated carbocycles. The molecule has 0 unspecified atom stereocenters. The zero-order valence-corrected chi connectivity index (χ0v) is 13.3. The lowest BCUT2D eigenvalue weighted by molar-refractivity contribution is -0.137. The maximum absolute atomic E-state index is 12.0. The predicted octanol–water partition coefficient (Wildman–Crippen LogP) is 1.16. The molecule has 0 saturated heterocycles. The van der Waals surface area contributed by atoms with Gasteiger partial charge in [-0.25, -0.2) is 0 Å². The van der Waals surface area contributed by atoms with E-state index in [9.17, 15) is 9.59 Å². The number of ketones is 1. The van der Waals surface area contributed by atoms with Crippen LogP contribution in [0, 0.1) is 0 Å². The number of hydrogen-bond donors (Lipinski definition) is 1. The largest absolute Gasteiger partial charge is 0.383 e. The van der Waals surface area contributed by atoms with Crippen molar-refractivity contribution >= 4 is 24.3 Å². The smallest absolute Gasteiger partial charge is 0.222 e. The zero-order chi connectivity index (χ0) is 15.1. The maximum Gasteiger partial charge on any atom is 0.222 e. The molecule has 1 atom stereocenters. The highest BCUT2D eigenvalue weighted by molar-refractivity contribution is 7.81. The van der Waals surface area contributed by atoms with Gasteiger partial charge < -0.3 is 14.4 Å². The van der Waals surface area contributed by atoms with Gasteiger partial charge in [-0.1, -0.05) is 0 Å². The molecule has 0 heterocycles. The summed E-state index contributed by atoms with van der Waals surface area (Å²) in [5.41, 5.74) is 0. The summed E-state index contributed by atoms with van der Waals surface area (Å²) in [6.45, 7) is 4.01. The summed E-state index contributed by atoms with van der Waals surface area (Å²) in [6, 6.07) is -0.397. The van der Waals surface area contributed by atoms with Crippen molar-refractivity contribution in [1.82, 2.24) is 4.90 Å². The molecule has 0 fully saturated rings. The molecule has 0 radical (unpaired) electrons. The minimum absolute atomic E-state index is 0.0261. The number of hydrogen-bond acceptors (Lipinski definition) is 5. The van der Waals surface area contributed by atoms with Gasteiger partial charge in [0.15, 0.2) is 5.78 Å². The lowest BCUT2D eigenvalue weighted by Gasteiger charge is -2.28. The second-order valence-electron chi connectivity index (χ2n) is 4.88. The number of carbonyl (C=O) groups excluding carboxylic acids is 2. The number of likely N-dealkylation sites (N-methyl/N-ethyl adjacent to an activating group) is 1. The topological polar surface area (TPSA) is 55.8 Å². The van der Waals surface area contributed by atoms with Crippen molar-refractivity contribution in [3.05, 3.63) is 0 Å². The highest BCUT2D eigenvalue weighted by Crippen LogP contribution is 2.23. The van der Waals surface area contributed by atoms with E-state index >= 15 is 0 Å². The van der Waals surface area contributed by atoms with Crippen LogP contribution in [0.25, 0.3) is 0 Å². The van der Waals surface area contributed by atoms with Crippen molar-refractivity contribution in [3.8, 4) is 0 Å². The van der Waals surface area contributed by atoms with E-state index < -0.39 is 10.8 Å². The molecular weight excluding hydrogens is 266 g/mol. The van der Waals surface area contributed by atoms with E-state index in [-0.39, 0.29) is 11.7 Å². The zero-order valence-electron chi connectivity index (χ0n) is 12.4. The number of methoxy groups -OCH3 is 2. The van der Waals surface area contributed by atoms with Gasteiger partial charge in [-0.05, 0) is 20.3 Å². The summed E-state index contributed by atoms with van der Waals surface area (Å²) in [4.78, 5) is 24.7. The summed E-state index contributed by atoms with van der Waals surface area (Å²) in [7, 11) is 4.82. The SMILES string of the molecule is COCC(S)(CCC(=O)N(C)[C@H](C)C(C)=O)COC. The Bertz CT molecular complexity index is 303. The number of Topliss-reactive ketones (excluding diaryl/α,β-unsaturated/α-hetero) is 1. The standard InChI is InChI=1S/C13H25NO4S/c1-10(11(2)15)14(3)12(16)6-7-13(19,8-17-4)9-18-5/h10,19H,6-9H2,1-5H3/t10-/m1/s1. The molecule has 0 aromatic rings. The normalized spacial score (nSPS) is 13.2. The first kappa shape index (κ1) is 18.4. The third kappa shape index (κ3) is 6.40. The average molecular weight is 291 g/mol. The first-order chi connectivity index (χ1) is 8.77. The summed E-state index contributed by atoms with van der Waals surface area (Å²) < 4.78 is 9.72. The van der Waals surface area contributed by atoms with Crippen LogP contribution >= 0.6 is 12.6 Å². The molecule has 19 heavy (non-hydrogen) atoms. The van der Waals surface area contributed by atoms with Crippen molar-refractivity contribution < 1.29 is 19.1 Å². The fourth-order valence-electron chi connectivity index (χ4n) is 1.73. The summed E-state index contributed by atoms with van der Waals surface area (Å²) in [5, 5.41) is 0. The Labute approximate surface area is 121 Å². The maximum atomic E-state index is 12.0. The molecule has 0 N–H and O–H groups in total. The molecule has 6 heteroatoms. The van der Waals surface area contributed by atoms with Crippen molar-refractivity contribution in [2.75, 3.05) is 34.5 Å². The van der Waals surface area contributed by atoms with Crippen LogP contribution in [0.1, 0.15) is 26.7 Å². The van der Waals surface area contributed by atoms with Crippen LogP contribution in [0.5, 0.6) is 0 Å². The molecule has 0 aromatic heterocycles. The second kappa shape index (κ2) is 8.55. The number of amides is 1. The highest BCUT2D eigenvalue weighted by atomic mass is 32.1. The van der Waals surface area contributed by atoms with Gasteiger partial charge in [-0.2, -0.15) is 12.6 Å². The third-order valence-corrected chi connectivity index (χ3v) is 3.67. The fourth-order valence-corrected chi connectivity index (χ4v) is 2.10. The third-order valence-electron chi connectivity index (χ3n) is 3.19. The summed E-state index contributed by atoms with van der Waals surface area (Å²) >= 11 is 4.53. The van der Waals surface area contributed by atoms with Crippen molar-refractivity contribution in [2.45, 2.75) is 37.5 Å². The van der Waals surface area contributed by atoms with E-state index in [0.717, 1.165) is 0 Å². The molecule has 0 aliphatic rings. The van der Waals surface area contributed by atoms with E-state index in [1.54, 1.807) is 28.2 Å². The molecule has 0 spiro atoms. The van der Waals surface area contributed by atoms with Gasteiger partial charge in [0.25, 0.3) is 0 Å². The van der Waals surface area contributed by atoms with Crippen LogP contribution in [-0.4, -0.2) is 61.9 Å². The molecule has 1 amide bonds. The Morgan fingerprint density at radius 1 is 1.26 bits per heavy atom. The summed E-state index contributed by atoms with van der Waals surface area (Å²) in [6.07, 6.45) is 0.843. The number of ether oxygens (including phenoxy) is 2. The Morgan fingerprint density at radius 2 is 1.74 bits per heavy atom. The van der Waals surface area contributed by atoms with Crippen LogP contribution in [0.4, 0.5) is 0 Å². The van der Waals surface area contributed by atoms with Gasteiger partial charge in [-0.15, -0.1) is 0 Å². The number of carbonyl (C=O) groups is 2. The molecule has 0 bridgehead atoms. The quantitative estimate of drug-likeness (QED) is 0.648. The summed E-state index contributed by atoms with van der Waals surface area (Å²) in [5.74, 6) is -0.102. The van der Waals surface area contributed by atoms with Gasteiger partial charge in [0.2, 0.25) is 5.91 Å². The van der Waals surface area contributed by atoms with E-state index in [1.165, 1.54) is 11.8 Å². The average Bonchev–Trinajstić information content (AvgIpc) is 2.34. The second-order valence-corrected chi connectivity index (χ2v) is 5.83. The van der Waals surface area contributed by atoms with Crippen LogP contribution in [-0.2, 0) is 19.1 Å². The lowest BCUT2D eigenvalue weighted by Crippen LogP contribution is -2.41. The number of nitrogens with zero attached hydrogens (tertiary/aromatic N) is 1. The first-order valence-electron chi connectivity index (χ1n) is 6.23. The molecule has 0 aliphatic carbocycles. The van der Waals surface area contributed by atoms with Crippen molar-refractivity contribution in [2.24, 2.45) is 0 Å². The monoisotopic (exact) mass is 291 g/mol. The Morgan fingerprint density at radius 3 is 2.11 bits per heavy atom. The van der Waals surface area contributed by atoms with E-state index in [0.29, 0.717) is 26.1 Å². The highest BCUT2D eigenvalue weighted by Gasteiger charge is 2.28. The Hall–Kier alpha value is -0.590.